The molecule has 0 spiro atoms. The van der Waals surface area contributed by atoms with Crippen LogP contribution in [0.4, 0.5) is 0 Å². The number of thiazole rings is 1. The molecule has 0 radical (unpaired) electrons. The zero-order valence-corrected chi connectivity index (χ0v) is 11.8. The number of aromatic nitrogens is 3. The zero-order chi connectivity index (χ0) is 13.2. The van der Waals surface area contributed by atoms with Crippen LogP contribution in [-0.4, -0.2) is 14.5 Å². The highest BCUT2D eigenvalue weighted by atomic mass is 32.1. The molecule has 5 heteroatoms. The third kappa shape index (κ3) is 2.61. The number of hydrogen-bond acceptors (Lipinski definition) is 4. The first-order chi connectivity index (χ1) is 9.26. The molecule has 0 saturated heterocycles. The molecule has 4 nitrogen and oxygen atoms in total. The normalized spacial score (nSPS) is 15.4. The lowest BCUT2D eigenvalue weighted by molar-refractivity contribution is 0.409. The summed E-state index contributed by atoms with van der Waals surface area (Å²) >= 11 is 1.65. The molecule has 0 atom stereocenters. The van der Waals surface area contributed by atoms with E-state index in [1.54, 1.807) is 28.3 Å². The van der Waals surface area contributed by atoms with Gasteiger partial charge < -0.3 is 0 Å². The average molecular weight is 275 g/mol. The number of aryl methyl sites for hydroxylation is 1. The Kier molecular flexibility index (Phi) is 3.46. The summed E-state index contributed by atoms with van der Waals surface area (Å²) in [5.74, 6) is 0.508. The predicted molar refractivity (Wildman–Crippen MR) is 75.7 cm³/mol. The smallest absolute Gasteiger partial charge is 0.253 e. The monoisotopic (exact) mass is 275 g/mol. The molecule has 0 N–H and O–H groups in total. The van der Waals surface area contributed by atoms with Crippen LogP contribution < -0.4 is 5.56 Å². The fourth-order valence-electron chi connectivity index (χ4n) is 2.24. The second kappa shape index (κ2) is 5.25. The Hall–Kier alpha value is -1.49. The Morgan fingerprint density at radius 3 is 2.89 bits per heavy atom. The van der Waals surface area contributed by atoms with Crippen LogP contribution in [0.1, 0.15) is 48.5 Å². The van der Waals surface area contributed by atoms with Crippen LogP contribution in [0.25, 0.3) is 0 Å². The lowest BCUT2D eigenvalue weighted by Crippen LogP contribution is -2.23. The number of nitrogens with zero attached hydrogens (tertiary/aromatic N) is 3. The fourth-order valence-corrected chi connectivity index (χ4v) is 2.98. The number of rotatable bonds is 4. The largest absolute Gasteiger partial charge is 0.293 e. The Bertz CT molecular complexity index is 628. The van der Waals surface area contributed by atoms with Gasteiger partial charge in [0.15, 0.2) is 0 Å². The van der Waals surface area contributed by atoms with E-state index in [4.69, 9.17) is 0 Å². The highest BCUT2D eigenvalue weighted by Gasteiger charge is 2.21. The maximum atomic E-state index is 12.1. The fraction of sp³-hybridized carbons (Fsp3) is 0.500. The van der Waals surface area contributed by atoms with Gasteiger partial charge in [0.05, 0.1) is 29.3 Å². The van der Waals surface area contributed by atoms with Gasteiger partial charge in [0.25, 0.3) is 5.56 Å². The van der Waals surface area contributed by atoms with Gasteiger partial charge in [-0.25, -0.2) is 9.97 Å². The molecule has 1 aliphatic rings. The first-order valence-electron chi connectivity index (χ1n) is 6.76. The molecular weight excluding hydrogens is 258 g/mol. The SMILES string of the molecule is CCc1nc(Cn2cnc(C3CCC3)cc2=O)cs1. The lowest BCUT2D eigenvalue weighted by Gasteiger charge is -2.24. The molecule has 1 saturated carbocycles. The van der Waals surface area contributed by atoms with E-state index in [2.05, 4.69) is 16.9 Å². The summed E-state index contributed by atoms with van der Waals surface area (Å²) in [5, 5.41) is 3.13. The van der Waals surface area contributed by atoms with Crippen molar-refractivity contribution >= 4 is 11.3 Å². The van der Waals surface area contributed by atoms with Crippen molar-refractivity contribution in [2.75, 3.05) is 0 Å². The molecule has 0 unspecified atom stereocenters. The summed E-state index contributed by atoms with van der Waals surface area (Å²) in [4.78, 5) is 21.0. The molecule has 0 aliphatic heterocycles. The Morgan fingerprint density at radius 1 is 1.47 bits per heavy atom. The van der Waals surface area contributed by atoms with E-state index >= 15 is 0 Å². The summed E-state index contributed by atoms with van der Waals surface area (Å²) in [6, 6.07) is 1.69. The zero-order valence-electron chi connectivity index (χ0n) is 11.0. The molecule has 1 aliphatic carbocycles. The van der Waals surface area contributed by atoms with E-state index in [9.17, 15) is 4.79 Å². The topological polar surface area (TPSA) is 47.8 Å². The molecule has 2 aromatic rings. The lowest BCUT2D eigenvalue weighted by atomic mass is 9.83. The summed E-state index contributed by atoms with van der Waals surface area (Å²) in [6.45, 7) is 2.61. The highest BCUT2D eigenvalue weighted by Crippen LogP contribution is 2.34. The molecular formula is C14H17N3OS. The maximum Gasteiger partial charge on any atom is 0.253 e. The van der Waals surface area contributed by atoms with E-state index in [-0.39, 0.29) is 5.56 Å². The van der Waals surface area contributed by atoms with Crippen molar-refractivity contribution in [1.82, 2.24) is 14.5 Å². The van der Waals surface area contributed by atoms with Gasteiger partial charge >= 0.3 is 0 Å². The van der Waals surface area contributed by atoms with E-state index < -0.39 is 0 Å². The van der Waals surface area contributed by atoms with Gasteiger partial charge in [-0.1, -0.05) is 13.3 Å². The minimum atomic E-state index is 0.0305. The first kappa shape index (κ1) is 12.5. The summed E-state index contributed by atoms with van der Waals surface area (Å²) < 4.78 is 1.64. The predicted octanol–water partition coefficient (Wildman–Crippen LogP) is 2.58. The summed E-state index contributed by atoms with van der Waals surface area (Å²) in [5.41, 5.74) is 1.94. The van der Waals surface area contributed by atoms with Crippen molar-refractivity contribution in [1.29, 1.82) is 0 Å². The van der Waals surface area contributed by atoms with E-state index in [1.165, 1.54) is 19.3 Å². The molecule has 100 valence electrons. The third-order valence-electron chi connectivity index (χ3n) is 3.66. The molecule has 2 heterocycles. The Balaban J connectivity index is 1.79. The van der Waals surface area contributed by atoms with Gasteiger partial charge in [0.1, 0.15) is 0 Å². The van der Waals surface area contributed by atoms with Gasteiger partial charge in [-0.3, -0.25) is 9.36 Å². The highest BCUT2D eigenvalue weighted by molar-refractivity contribution is 7.09. The van der Waals surface area contributed by atoms with Crippen molar-refractivity contribution in [2.45, 2.75) is 45.1 Å². The van der Waals surface area contributed by atoms with Crippen LogP contribution >= 0.6 is 11.3 Å². The van der Waals surface area contributed by atoms with Crippen LogP contribution in [0.5, 0.6) is 0 Å². The maximum absolute atomic E-state index is 12.1. The molecule has 0 amide bonds. The van der Waals surface area contributed by atoms with Gasteiger partial charge in [-0.2, -0.15) is 0 Å². The molecule has 0 bridgehead atoms. The molecule has 2 aromatic heterocycles. The van der Waals surface area contributed by atoms with Crippen molar-refractivity contribution in [3.63, 3.8) is 0 Å². The van der Waals surface area contributed by atoms with Gasteiger partial charge in [0, 0.05) is 17.4 Å². The van der Waals surface area contributed by atoms with Crippen LogP contribution in [0.3, 0.4) is 0 Å². The second-order valence-electron chi connectivity index (χ2n) is 4.99. The van der Waals surface area contributed by atoms with Crippen LogP contribution in [0.2, 0.25) is 0 Å². The Labute approximate surface area is 116 Å². The van der Waals surface area contributed by atoms with Crippen LogP contribution in [0, 0.1) is 0 Å². The minimum absolute atomic E-state index is 0.0305. The quantitative estimate of drug-likeness (QED) is 0.861. The van der Waals surface area contributed by atoms with Crippen molar-refractivity contribution in [3.8, 4) is 0 Å². The summed E-state index contributed by atoms with van der Waals surface area (Å²) in [7, 11) is 0. The van der Waals surface area contributed by atoms with E-state index in [0.29, 0.717) is 12.5 Å². The van der Waals surface area contributed by atoms with Crippen molar-refractivity contribution < 1.29 is 0 Å². The second-order valence-corrected chi connectivity index (χ2v) is 5.94. The first-order valence-corrected chi connectivity index (χ1v) is 7.64. The van der Waals surface area contributed by atoms with Gasteiger partial charge in [-0.15, -0.1) is 11.3 Å². The average Bonchev–Trinajstić information content (AvgIpc) is 2.78. The van der Waals surface area contributed by atoms with Crippen LogP contribution in [0.15, 0.2) is 22.6 Å². The third-order valence-corrected chi connectivity index (χ3v) is 4.70. The Morgan fingerprint density at radius 2 is 2.32 bits per heavy atom. The van der Waals surface area contributed by atoms with E-state index in [0.717, 1.165) is 22.8 Å². The van der Waals surface area contributed by atoms with Crippen molar-refractivity contribution in [3.05, 3.63) is 44.5 Å². The molecule has 1 fully saturated rings. The van der Waals surface area contributed by atoms with E-state index in [1.807, 2.05) is 5.38 Å². The minimum Gasteiger partial charge on any atom is -0.293 e. The molecule has 3 rings (SSSR count). The van der Waals surface area contributed by atoms with Crippen molar-refractivity contribution in [2.24, 2.45) is 0 Å². The molecule has 0 aromatic carbocycles. The van der Waals surface area contributed by atoms with Gasteiger partial charge in [0.2, 0.25) is 0 Å². The number of hydrogen-bond donors (Lipinski definition) is 0. The van der Waals surface area contributed by atoms with Crippen LogP contribution in [-0.2, 0) is 13.0 Å². The molecule has 19 heavy (non-hydrogen) atoms. The summed E-state index contributed by atoms with van der Waals surface area (Å²) in [6.07, 6.45) is 6.21. The standard InChI is InChI=1S/C14H17N3OS/c1-2-13-16-11(8-19-13)7-17-9-15-12(6-14(17)18)10-4-3-5-10/h6,8-10H,2-5,7H2,1H3. The van der Waals surface area contributed by atoms with Gasteiger partial charge in [-0.05, 0) is 19.3 Å².